The predicted molar refractivity (Wildman–Crippen MR) is 66.6 cm³/mol. The van der Waals surface area contributed by atoms with Gasteiger partial charge in [-0.3, -0.25) is 10.1 Å². The molecule has 100 valence electrons. The molecule has 6 nitrogen and oxygen atoms in total. The van der Waals surface area contributed by atoms with Crippen molar-refractivity contribution in [3.8, 4) is 0 Å². The lowest BCUT2D eigenvalue weighted by atomic mass is 10.1. The summed E-state index contributed by atoms with van der Waals surface area (Å²) < 4.78 is 4.77. The zero-order valence-electron chi connectivity index (χ0n) is 10.1. The minimum absolute atomic E-state index is 0.115. The van der Waals surface area contributed by atoms with Gasteiger partial charge in [-0.2, -0.15) is 0 Å². The summed E-state index contributed by atoms with van der Waals surface area (Å²) in [5.41, 5.74) is 0.487. The van der Waals surface area contributed by atoms with Gasteiger partial charge < -0.3 is 4.74 Å². The SMILES string of the molecule is CCOC(=O)N1C(=O)NC(=O)[C@H]1c1ccc(Cl)cc1. The van der Waals surface area contributed by atoms with Crippen LogP contribution >= 0.6 is 11.6 Å². The molecular formula is C12H11ClN2O4. The summed E-state index contributed by atoms with van der Waals surface area (Å²) in [6.45, 7) is 1.73. The monoisotopic (exact) mass is 282 g/mol. The molecule has 0 unspecified atom stereocenters. The van der Waals surface area contributed by atoms with Crippen molar-refractivity contribution >= 4 is 29.6 Å². The molecule has 1 aliphatic rings. The first-order chi connectivity index (χ1) is 9.04. The van der Waals surface area contributed by atoms with Crippen LogP contribution < -0.4 is 5.32 Å². The topological polar surface area (TPSA) is 75.7 Å². The average Bonchev–Trinajstić information content (AvgIpc) is 2.65. The highest BCUT2D eigenvalue weighted by Gasteiger charge is 2.44. The van der Waals surface area contributed by atoms with Gasteiger partial charge in [0.1, 0.15) is 6.04 Å². The van der Waals surface area contributed by atoms with Gasteiger partial charge >= 0.3 is 12.1 Å². The Hall–Kier alpha value is -2.08. The summed E-state index contributed by atoms with van der Waals surface area (Å²) in [6, 6.07) is 4.51. The third-order valence-corrected chi connectivity index (χ3v) is 2.86. The van der Waals surface area contributed by atoms with Crippen LogP contribution in [0.25, 0.3) is 0 Å². The maximum atomic E-state index is 11.8. The number of amides is 4. The molecule has 1 fully saturated rings. The second-order valence-electron chi connectivity index (χ2n) is 3.82. The maximum Gasteiger partial charge on any atom is 0.419 e. The first-order valence-corrected chi connectivity index (χ1v) is 5.98. The molecule has 7 heteroatoms. The molecule has 1 heterocycles. The first kappa shape index (κ1) is 13.4. The second kappa shape index (κ2) is 5.27. The van der Waals surface area contributed by atoms with Crippen molar-refractivity contribution in [1.82, 2.24) is 10.2 Å². The van der Waals surface area contributed by atoms with Crippen molar-refractivity contribution in [2.45, 2.75) is 13.0 Å². The summed E-state index contributed by atoms with van der Waals surface area (Å²) in [7, 11) is 0. The number of nitrogens with zero attached hydrogens (tertiary/aromatic N) is 1. The third kappa shape index (κ3) is 2.53. The smallest absolute Gasteiger partial charge is 0.419 e. The van der Waals surface area contributed by atoms with E-state index in [4.69, 9.17) is 16.3 Å². The molecule has 1 aromatic carbocycles. The van der Waals surface area contributed by atoms with E-state index in [1.165, 1.54) is 0 Å². The van der Waals surface area contributed by atoms with Crippen LogP contribution in [0.2, 0.25) is 5.02 Å². The van der Waals surface area contributed by atoms with Crippen LogP contribution in [0.4, 0.5) is 9.59 Å². The maximum absolute atomic E-state index is 11.8. The minimum Gasteiger partial charge on any atom is -0.449 e. The molecule has 0 aromatic heterocycles. The summed E-state index contributed by atoms with van der Waals surface area (Å²) in [5.74, 6) is -0.569. The number of carbonyl (C=O) groups excluding carboxylic acids is 3. The van der Waals surface area contributed by atoms with Gasteiger partial charge in [-0.05, 0) is 24.6 Å². The quantitative estimate of drug-likeness (QED) is 0.843. The Balaban J connectivity index is 2.34. The number of halogens is 1. The third-order valence-electron chi connectivity index (χ3n) is 2.61. The van der Waals surface area contributed by atoms with Gasteiger partial charge in [0.25, 0.3) is 5.91 Å². The number of hydrogen-bond acceptors (Lipinski definition) is 4. The van der Waals surface area contributed by atoms with Crippen LogP contribution in [0.3, 0.4) is 0 Å². The van der Waals surface area contributed by atoms with Crippen molar-refractivity contribution in [3.05, 3.63) is 34.9 Å². The fraction of sp³-hybridized carbons (Fsp3) is 0.250. The number of ether oxygens (including phenoxy) is 1. The molecule has 1 aromatic rings. The van der Waals surface area contributed by atoms with E-state index in [9.17, 15) is 14.4 Å². The fourth-order valence-corrected chi connectivity index (χ4v) is 1.92. The zero-order valence-corrected chi connectivity index (χ0v) is 10.8. The lowest BCUT2D eigenvalue weighted by Crippen LogP contribution is -2.36. The van der Waals surface area contributed by atoms with Crippen LogP contribution in [-0.2, 0) is 9.53 Å². The van der Waals surface area contributed by atoms with Gasteiger partial charge in [0.15, 0.2) is 0 Å². The molecule has 1 saturated heterocycles. The summed E-state index contributed by atoms with van der Waals surface area (Å²) >= 11 is 5.76. The molecule has 0 spiro atoms. The van der Waals surface area contributed by atoms with Gasteiger partial charge in [-0.15, -0.1) is 0 Å². The molecule has 1 atom stereocenters. The van der Waals surface area contributed by atoms with Crippen LogP contribution in [-0.4, -0.2) is 29.5 Å². The normalized spacial score (nSPS) is 18.4. The number of imide groups is 2. The molecular weight excluding hydrogens is 272 g/mol. The predicted octanol–water partition coefficient (Wildman–Crippen LogP) is 2.09. The molecule has 2 rings (SSSR count). The van der Waals surface area contributed by atoms with E-state index in [1.54, 1.807) is 31.2 Å². The fourth-order valence-electron chi connectivity index (χ4n) is 1.80. The Labute approximate surface area is 114 Å². The standard InChI is InChI=1S/C12H11ClN2O4/c1-2-19-12(18)15-9(10(16)14-11(15)17)7-3-5-8(13)6-4-7/h3-6,9H,2H2,1H3,(H,14,16,17)/t9-/m1/s1. The van der Waals surface area contributed by atoms with E-state index in [1.807, 2.05) is 0 Å². The van der Waals surface area contributed by atoms with Gasteiger partial charge in [0, 0.05) is 5.02 Å². The molecule has 1 aliphatic heterocycles. The highest BCUT2D eigenvalue weighted by molar-refractivity contribution is 6.30. The lowest BCUT2D eigenvalue weighted by molar-refractivity contribution is -0.121. The van der Waals surface area contributed by atoms with E-state index in [2.05, 4.69) is 5.32 Å². The number of nitrogens with one attached hydrogen (secondary N) is 1. The highest BCUT2D eigenvalue weighted by atomic mass is 35.5. The minimum atomic E-state index is -1.02. The summed E-state index contributed by atoms with van der Waals surface area (Å²) in [4.78, 5) is 35.9. The Morgan fingerprint density at radius 3 is 2.58 bits per heavy atom. The van der Waals surface area contributed by atoms with Crippen LogP contribution in [0.15, 0.2) is 24.3 Å². The molecule has 0 radical (unpaired) electrons. The van der Waals surface area contributed by atoms with Crippen LogP contribution in [0.5, 0.6) is 0 Å². The zero-order chi connectivity index (χ0) is 14.0. The van der Waals surface area contributed by atoms with Crippen molar-refractivity contribution in [2.75, 3.05) is 6.61 Å². The number of rotatable bonds is 2. The molecule has 1 N–H and O–H groups in total. The molecule has 0 aliphatic carbocycles. The molecule has 0 saturated carbocycles. The van der Waals surface area contributed by atoms with Gasteiger partial charge in [-0.25, -0.2) is 14.5 Å². The number of hydrogen-bond donors (Lipinski definition) is 1. The van der Waals surface area contributed by atoms with Crippen LogP contribution in [0, 0.1) is 0 Å². The number of carbonyl (C=O) groups is 3. The Morgan fingerprint density at radius 2 is 2.00 bits per heavy atom. The van der Waals surface area contributed by atoms with Crippen molar-refractivity contribution in [2.24, 2.45) is 0 Å². The largest absolute Gasteiger partial charge is 0.449 e. The summed E-state index contributed by atoms with van der Waals surface area (Å²) in [5, 5.41) is 2.58. The van der Waals surface area contributed by atoms with Crippen LogP contribution in [0.1, 0.15) is 18.5 Å². The average molecular weight is 283 g/mol. The highest BCUT2D eigenvalue weighted by Crippen LogP contribution is 2.27. The Kier molecular flexibility index (Phi) is 3.71. The van der Waals surface area contributed by atoms with E-state index >= 15 is 0 Å². The van der Waals surface area contributed by atoms with E-state index in [0.717, 1.165) is 4.90 Å². The van der Waals surface area contributed by atoms with Crippen molar-refractivity contribution in [1.29, 1.82) is 0 Å². The Morgan fingerprint density at radius 1 is 1.37 bits per heavy atom. The first-order valence-electron chi connectivity index (χ1n) is 5.61. The number of urea groups is 1. The lowest BCUT2D eigenvalue weighted by Gasteiger charge is -2.19. The number of benzene rings is 1. The van der Waals surface area contributed by atoms with E-state index in [0.29, 0.717) is 10.6 Å². The van der Waals surface area contributed by atoms with E-state index in [-0.39, 0.29) is 6.61 Å². The van der Waals surface area contributed by atoms with Gasteiger partial charge in [-0.1, -0.05) is 23.7 Å². The van der Waals surface area contributed by atoms with Gasteiger partial charge in [0.2, 0.25) is 0 Å². The second-order valence-corrected chi connectivity index (χ2v) is 4.25. The van der Waals surface area contributed by atoms with Crippen molar-refractivity contribution in [3.63, 3.8) is 0 Å². The van der Waals surface area contributed by atoms with Crippen molar-refractivity contribution < 1.29 is 19.1 Å². The summed E-state index contributed by atoms with van der Waals surface area (Å²) in [6.07, 6.45) is -0.856. The van der Waals surface area contributed by atoms with Gasteiger partial charge in [0.05, 0.1) is 6.61 Å². The molecule has 19 heavy (non-hydrogen) atoms. The Bertz CT molecular complexity index is 529. The molecule has 4 amide bonds. The molecule has 0 bridgehead atoms. The van der Waals surface area contributed by atoms with E-state index < -0.39 is 24.1 Å².